The molecular weight excluding hydrogens is 266 g/mol. The Labute approximate surface area is 138 Å². The van der Waals surface area contributed by atoms with Crippen LogP contribution in [0, 0.1) is 0 Å². The summed E-state index contributed by atoms with van der Waals surface area (Å²) in [6.45, 7) is 23.7. The fraction of sp³-hybridized carbons (Fsp3) is 0.524. The van der Waals surface area contributed by atoms with E-state index in [1.54, 1.807) is 0 Å². The van der Waals surface area contributed by atoms with Crippen LogP contribution in [0.5, 0.6) is 0 Å². The third-order valence-corrected chi connectivity index (χ3v) is 3.91. The lowest BCUT2D eigenvalue weighted by atomic mass is 9.80. The molecule has 0 unspecified atom stereocenters. The minimum absolute atomic E-state index is 0.910. The summed E-state index contributed by atoms with van der Waals surface area (Å²) in [5.74, 6) is 0. The fourth-order valence-corrected chi connectivity index (χ4v) is 2.94. The molecule has 0 rings (SSSR count). The van der Waals surface area contributed by atoms with E-state index in [4.69, 9.17) is 5.73 Å². The van der Waals surface area contributed by atoms with Crippen molar-refractivity contribution in [2.24, 2.45) is 5.73 Å². The quantitative estimate of drug-likeness (QED) is 0.549. The highest BCUT2D eigenvalue weighted by atomic mass is 14.6. The second-order valence-electron chi connectivity index (χ2n) is 6.60. The second kappa shape index (κ2) is 8.82. The standard InChI is InChI=1S/C21H35N/c1-11-16(9)19(13(3)4)21(15(7)8)20(14(5)6)18(12-2)17(10)22/h9,11-12,22H2,1-8,10H3/b18-17+. The van der Waals surface area contributed by atoms with Crippen molar-refractivity contribution in [3.63, 3.8) is 0 Å². The van der Waals surface area contributed by atoms with Gasteiger partial charge in [-0.2, -0.15) is 0 Å². The largest absolute Gasteiger partial charge is 0.402 e. The maximum Gasteiger partial charge on any atom is 0.00875 e. The number of rotatable bonds is 6. The van der Waals surface area contributed by atoms with E-state index >= 15 is 0 Å². The summed E-state index contributed by atoms with van der Waals surface area (Å²) in [4.78, 5) is 0. The van der Waals surface area contributed by atoms with Gasteiger partial charge in [0.1, 0.15) is 0 Å². The van der Waals surface area contributed by atoms with Crippen LogP contribution >= 0.6 is 0 Å². The van der Waals surface area contributed by atoms with Crippen molar-refractivity contribution in [2.75, 3.05) is 0 Å². The van der Waals surface area contributed by atoms with Gasteiger partial charge in [-0.15, -0.1) is 0 Å². The predicted molar refractivity (Wildman–Crippen MR) is 102 cm³/mol. The first-order valence-corrected chi connectivity index (χ1v) is 8.26. The van der Waals surface area contributed by atoms with Crippen molar-refractivity contribution in [1.29, 1.82) is 0 Å². The van der Waals surface area contributed by atoms with Crippen LogP contribution in [0.3, 0.4) is 0 Å². The van der Waals surface area contributed by atoms with Crippen molar-refractivity contribution in [3.8, 4) is 0 Å². The van der Waals surface area contributed by atoms with Crippen molar-refractivity contribution in [3.05, 3.63) is 56.9 Å². The molecule has 0 aliphatic rings. The SMILES string of the molecule is C=C(CC)C(=C(C)C)C(=C(C)C)C(=C(C)C)/C(CC)=C(\C)N. The van der Waals surface area contributed by atoms with Crippen LogP contribution in [-0.2, 0) is 0 Å². The lowest BCUT2D eigenvalue weighted by Crippen LogP contribution is -2.09. The van der Waals surface area contributed by atoms with Gasteiger partial charge in [-0.3, -0.25) is 0 Å². The van der Waals surface area contributed by atoms with E-state index in [0.29, 0.717) is 0 Å². The van der Waals surface area contributed by atoms with E-state index in [2.05, 4.69) is 62.0 Å². The number of hydrogen-bond donors (Lipinski definition) is 1. The first kappa shape index (κ1) is 20.5. The second-order valence-corrected chi connectivity index (χ2v) is 6.60. The lowest BCUT2D eigenvalue weighted by molar-refractivity contribution is 1.01. The van der Waals surface area contributed by atoms with Gasteiger partial charge in [0.15, 0.2) is 0 Å². The average Bonchev–Trinajstić information content (AvgIpc) is 2.40. The zero-order valence-electron chi connectivity index (χ0n) is 16.2. The van der Waals surface area contributed by atoms with Gasteiger partial charge in [0.25, 0.3) is 0 Å². The van der Waals surface area contributed by atoms with Gasteiger partial charge in [0.05, 0.1) is 0 Å². The molecule has 0 aliphatic heterocycles. The number of nitrogens with two attached hydrogens (primary N) is 1. The van der Waals surface area contributed by atoms with E-state index in [1.165, 1.54) is 44.6 Å². The Morgan fingerprint density at radius 2 is 1.09 bits per heavy atom. The Morgan fingerprint density at radius 1 is 0.682 bits per heavy atom. The van der Waals surface area contributed by atoms with Crippen molar-refractivity contribution >= 4 is 0 Å². The maximum atomic E-state index is 6.19. The summed E-state index contributed by atoms with van der Waals surface area (Å²) >= 11 is 0. The zero-order chi connectivity index (χ0) is 17.6. The molecule has 0 bridgehead atoms. The molecule has 0 heterocycles. The molecule has 1 heteroatoms. The normalized spacial score (nSPS) is 11.5. The summed E-state index contributed by atoms with van der Waals surface area (Å²) in [7, 11) is 0. The van der Waals surface area contributed by atoms with E-state index < -0.39 is 0 Å². The molecule has 0 aliphatic carbocycles. The summed E-state index contributed by atoms with van der Waals surface area (Å²) in [5, 5.41) is 0. The highest BCUT2D eigenvalue weighted by Crippen LogP contribution is 2.38. The van der Waals surface area contributed by atoms with Crippen LogP contribution in [-0.4, -0.2) is 0 Å². The highest BCUT2D eigenvalue weighted by molar-refractivity contribution is 5.65. The molecule has 0 saturated carbocycles. The van der Waals surface area contributed by atoms with Crippen LogP contribution in [0.1, 0.15) is 75.2 Å². The molecule has 0 radical (unpaired) electrons. The molecule has 0 aromatic carbocycles. The Kier molecular flexibility index (Phi) is 8.22. The Balaban J connectivity index is 6.73. The molecule has 0 amide bonds. The number of allylic oxidation sites excluding steroid dienone is 9. The van der Waals surface area contributed by atoms with E-state index in [-0.39, 0.29) is 0 Å². The molecule has 0 spiro atoms. The third kappa shape index (κ3) is 4.76. The molecular formula is C21H35N. The van der Waals surface area contributed by atoms with Crippen LogP contribution < -0.4 is 5.73 Å². The molecule has 0 saturated heterocycles. The third-order valence-electron chi connectivity index (χ3n) is 3.91. The van der Waals surface area contributed by atoms with Crippen molar-refractivity contribution in [2.45, 2.75) is 75.2 Å². The van der Waals surface area contributed by atoms with E-state index in [0.717, 1.165) is 18.5 Å². The van der Waals surface area contributed by atoms with Crippen molar-refractivity contribution < 1.29 is 0 Å². The van der Waals surface area contributed by atoms with Crippen LogP contribution in [0.2, 0.25) is 0 Å². The fourth-order valence-electron chi connectivity index (χ4n) is 2.94. The lowest BCUT2D eigenvalue weighted by Gasteiger charge is -2.25. The Hall–Kier alpha value is -1.50. The highest BCUT2D eigenvalue weighted by Gasteiger charge is 2.20. The molecule has 1 nitrogen and oxygen atoms in total. The first-order valence-electron chi connectivity index (χ1n) is 8.26. The Bertz CT molecular complexity index is 547. The van der Waals surface area contributed by atoms with E-state index in [1.807, 2.05) is 6.92 Å². The van der Waals surface area contributed by atoms with Gasteiger partial charge < -0.3 is 5.73 Å². The van der Waals surface area contributed by atoms with Crippen LogP contribution in [0.4, 0.5) is 0 Å². The zero-order valence-corrected chi connectivity index (χ0v) is 16.2. The summed E-state index contributed by atoms with van der Waals surface area (Å²) in [6, 6.07) is 0. The van der Waals surface area contributed by atoms with Gasteiger partial charge in [0, 0.05) is 5.70 Å². The average molecular weight is 302 g/mol. The summed E-state index contributed by atoms with van der Waals surface area (Å²) in [5.41, 5.74) is 17.4. The Morgan fingerprint density at radius 3 is 1.32 bits per heavy atom. The van der Waals surface area contributed by atoms with E-state index in [9.17, 15) is 0 Å². The molecule has 0 fully saturated rings. The summed E-state index contributed by atoms with van der Waals surface area (Å²) in [6.07, 6.45) is 1.90. The minimum atomic E-state index is 0.910. The van der Waals surface area contributed by atoms with Gasteiger partial charge in [-0.05, 0) is 89.2 Å². The van der Waals surface area contributed by atoms with Crippen LogP contribution in [0.25, 0.3) is 0 Å². The monoisotopic (exact) mass is 301 g/mol. The molecule has 0 aromatic heterocycles. The van der Waals surface area contributed by atoms with Gasteiger partial charge in [-0.1, -0.05) is 37.1 Å². The minimum Gasteiger partial charge on any atom is -0.402 e. The molecule has 0 atom stereocenters. The van der Waals surface area contributed by atoms with Crippen molar-refractivity contribution in [1.82, 2.24) is 0 Å². The van der Waals surface area contributed by atoms with Gasteiger partial charge in [0.2, 0.25) is 0 Å². The molecule has 124 valence electrons. The predicted octanol–water partition coefficient (Wildman–Crippen LogP) is 6.60. The van der Waals surface area contributed by atoms with Crippen LogP contribution in [0.15, 0.2) is 56.9 Å². The topological polar surface area (TPSA) is 26.0 Å². The molecule has 2 N–H and O–H groups in total. The first-order chi connectivity index (χ1) is 10.1. The van der Waals surface area contributed by atoms with Gasteiger partial charge in [-0.25, -0.2) is 0 Å². The summed E-state index contributed by atoms with van der Waals surface area (Å²) < 4.78 is 0. The van der Waals surface area contributed by atoms with Gasteiger partial charge >= 0.3 is 0 Å². The smallest absolute Gasteiger partial charge is 0.00875 e. The number of hydrogen-bond acceptors (Lipinski definition) is 1. The molecule has 0 aromatic rings. The molecule has 22 heavy (non-hydrogen) atoms. The maximum absolute atomic E-state index is 6.19.